The normalized spacial score (nSPS) is 17.5. The summed E-state index contributed by atoms with van der Waals surface area (Å²) in [4.78, 5) is 19.3. The van der Waals surface area contributed by atoms with Crippen LogP contribution in [0.1, 0.15) is 41.9 Å². The predicted octanol–water partition coefficient (Wildman–Crippen LogP) is 1.93. The molecule has 0 saturated carbocycles. The van der Waals surface area contributed by atoms with Crippen LogP contribution in [0.25, 0.3) is 0 Å². The molecular weight excluding hydrogens is 380 g/mol. The summed E-state index contributed by atoms with van der Waals surface area (Å²) in [5, 5.41) is 5.24. The number of primary sulfonamides is 1. The largest absolute Gasteiger partial charge is 0.496 e. The maximum atomic E-state index is 13.3. The summed E-state index contributed by atoms with van der Waals surface area (Å²) in [7, 11) is -2.45. The summed E-state index contributed by atoms with van der Waals surface area (Å²) < 4.78 is 30.8. The number of likely N-dealkylation sites (tertiary alicyclic amines) is 1. The van der Waals surface area contributed by atoms with E-state index in [1.54, 1.807) is 6.20 Å². The smallest absolute Gasteiger partial charge is 0.257 e. The number of amides is 1. The second kappa shape index (κ2) is 8.32. The molecule has 1 fully saturated rings. The van der Waals surface area contributed by atoms with Crippen LogP contribution in [-0.4, -0.2) is 48.5 Å². The van der Waals surface area contributed by atoms with Gasteiger partial charge in [0.15, 0.2) is 0 Å². The summed E-state index contributed by atoms with van der Waals surface area (Å²) in [5.74, 6) is 1.05. The fourth-order valence-corrected chi connectivity index (χ4v) is 4.22. The monoisotopic (exact) mass is 406 g/mol. The summed E-state index contributed by atoms with van der Waals surface area (Å²) in [6.07, 6.45) is 7.40. The average Bonchev–Trinajstić information content (AvgIpc) is 3.09. The maximum Gasteiger partial charge on any atom is 0.257 e. The number of hydrogen-bond acceptors (Lipinski definition) is 5. The highest BCUT2D eigenvalue weighted by Gasteiger charge is 2.29. The topological polar surface area (TPSA) is 108 Å². The Balaban J connectivity index is 1.85. The van der Waals surface area contributed by atoms with E-state index in [0.717, 1.165) is 38.1 Å². The highest BCUT2D eigenvalue weighted by Crippen LogP contribution is 2.28. The van der Waals surface area contributed by atoms with Gasteiger partial charge in [-0.3, -0.25) is 4.79 Å². The van der Waals surface area contributed by atoms with Gasteiger partial charge in [-0.2, -0.15) is 0 Å². The Morgan fingerprint density at radius 3 is 2.79 bits per heavy atom. The zero-order valence-corrected chi connectivity index (χ0v) is 17.0. The number of sulfonamides is 1. The lowest BCUT2D eigenvalue weighted by atomic mass is 9.98. The number of piperidine rings is 1. The number of hydrogen-bond donors (Lipinski definition) is 1. The predicted molar refractivity (Wildman–Crippen MR) is 105 cm³/mol. The van der Waals surface area contributed by atoms with Crippen molar-refractivity contribution in [2.24, 2.45) is 5.14 Å². The number of rotatable bonds is 6. The van der Waals surface area contributed by atoms with Crippen LogP contribution in [0.3, 0.4) is 0 Å². The van der Waals surface area contributed by atoms with Gasteiger partial charge in [-0.15, -0.1) is 0 Å². The molecule has 1 amide bonds. The molecule has 0 radical (unpaired) electrons. The molecule has 9 heteroatoms. The molecular formula is C19H26N4O4S. The first kappa shape index (κ1) is 20.3. The summed E-state index contributed by atoms with van der Waals surface area (Å²) in [6, 6.07) is 4.20. The summed E-state index contributed by atoms with van der Waals surface area (Å²) in [5.41, 5.74) is 0.222. The highest BCUT2D eigenvalue weighted by atomic mass is 32.2. The van der Waals surface area contributed by atoms with Crippen LogP contribution in [0.4, 0.5) is 0 Å². The lowest BCUT2D eigenvalue weighted by Gasteiger charge is -2.36. The first-order chi connectivity index (χ1) is 13.3. The molecule has 1 unspecified atom stereocenters. The van der Waals surface area contributed by atoms with E-state index in [1.165, 1.54) is 25.3 Å². The van der Waals surface area contributed by atoms with Crippen LogP contribution in [0.15, 0.2) is 35.5 Å². The van der Waals surface area contributed by atoms with E-state index >= 15 is 0 Å². The van der Waals surface area contributed by atoms with Crippen molar-refractivity contribution in [1.29, 1.82) is 0 Å². The van der Waals surface area contributed by atoms with Crippen molar-refractivity contribution in [2.75, 3.05) is 13.7 Å². The van der Waals surface area contributed by atoms with Crippen molar-refractivity contribution < 1.29 is 17.9 Å². The quantitative estimate of drug-likeness (QED) is 0.789. The number of ether oxygens (including phenoxy) is 1. The first-order valence-corrected chi connectivity index (χ1v) is 10.9. The number of methoxy groups -OCH3 is 1. The maximum absolute atomic E-state index is 13.3. The van der Waals surface area contributed by atoms with Gasteiger partial charge >= 0.3 is 0 Å². The van der Waals surface area contributed by atoms with Crippen LogP contribution in [0, 0.1) is 6.92 Å². The molecule has 2 aromatic rings. The van der Waals surface area contributed by atoms with Gasteiger partial charge in [0.05, 0.1) is 17.6 Å². The van der Waals surface area contributed by atoms with Crippen LogP contribution >= 0.6 is 0 Å². The standard InChI is InChI=1S/C19H26N4O4S/c1-14-21-9-12-22(14)11-8-15-5-3-4-10-23(15)19(24)17-13-16(28(20,25)26)6-7-18(17)27-2/h6-7,9,12-13,15H,3-5,8,10-11H2,1-2H3,(H2,20,25,26). The van der Waals surface area contributed by atoms with Crippen LogP contribution < -0.4 is 9.88 Å². The molecule has 28 heavy (non-hydrogen) atoms. The number of nitrogens with two attached hydrogens (primary N) is 1. The lowest BCUT2D eigenvalue weighted by Crippen LogP contribution is -2.44. The molecule has 1 aliphatic rings. The molecule has 3 rings (SSSR count). The van der Waals surface area contributed by atoms with Crippen molar-refractivity contribution in [3.63, 3.8) is 0 Å². The molecule has 1 atom stereocenters. The fourth-order valence-electron chi connectivity index (χ4n) is 3.68. The van der Waals surface area contributed by atoms with E-state index in [-0.39, 0.29) is 22.4 Å². The summed E-state index contributed by atoms with van der Waals surface area (Å²) in [6.45, 7) is 3.36. The van der Waals surface area contributed by atoms with Crippen molar-refractivity contribution in [3.8, 4) is 5.75 Å². The molecule has 1 aromatic carbocycles. The Kier molecular flexibility index (Phi) is 6.04. The minimum atomic E-state index is -3.91. The first-order valence-electron chi connectivity index (χ1n) is 9.31. The molecule has 1 saturated heterocycles. The zero-order chi connectivity index (χ0) is 20.3. The molecule has 0 bridgehead atoms. The minimum absolute atomic E-state index is 0.0749. The average molecular weight is 407 g/mol. The van der Waals surface area contributed by atoms with Gasteiger partial charge in [0.25, 0.3) is 5.91 Å². The van der Waals surface area contributed by atoms with Gasteiger partial charge in [-0.1, -0.05) is 0 Å². The highest BCUT2D eigenvalue weighted by molar-refractivity contribution is 7.89. The van der Waals surface area contributed by atoms with Crippen molar-refractivity contribution in [2.45, 2.75) is 50.1 Å². The second-order valence-electron chi connectivity index (χ2n) is 7.01. The minimum Gasteiger partial charge on any atom is -0.496 e. The number of aryl methyl sites for hydroxylation is 2. The van der Waals surface area contributed by atoms with Gasteiger partial charge in [-0.05, 0) is 50.8 Å². The molecule has 2 heterocycles. The van der Waals surface area contributed by atoms with Gasteiger partial charge in [0.1, 0.15) is 11.6 Å². The van der Waals surface area contributed by atoms with Crippen molar-refractivity contribution >= 4 is 15.9 Å². The Morgan fingerprint density at radius 1 is 1.36 bits per heavy atom. The third-order valence-electron chi connectivity index (χ3n) is 5.24. The Bertz CT molecular complexity index is 955. The van der Waals surface area contributed by atoms with E-state index in [4.69, 9.17) is 9.88 Å². The third-order valence-corrected chi connectivity index (χ3v) is 6.16. The van der Waals surface area contributed by atoms with Crippen molar-refractivity contribution in [3.05, 3.63) is 42.0 Å². The van der Waals surface area contributed by atoms with Gasteiger partial charge in [-0.25, -0.2) is 18.5 Å². The van der Waals surface area contributed by atoms with Gasteiger partial charge in [0.2, 0.25) is 10.0 Å². The van der Waals surface area contributed by atoms with E-state index in [9.17, 15) is 13.2 Å². The van der Waals surface area contributed by atoms with E-state index in [0.29, 0.717) is 12.3 Å². The summed E-state index contributed by atoms with van der Waals surface area (Å²) >= 11 is 0. The molecule has 0 aliphatic carbocycles. The SMILES string of the molecule is COc1ccc(S(N)(=O)=O)cc1C(=O)N1CCCCC1CCn1ccnc1C. The Labute approximate surface area is 165 Å². The fraction of sp³-hybridized carbons (Fsp3) is 0.474. The van der Waals surface area contributed by atoms with E-state index in [1.807, 2.05) is 18.0 Å². The van der Waals surface area contributed by atoms with Crippen LogP contribution in [-0.2, 0) is 16.6 Å². The van der Waals surface area contributed by atoms with Gasteiger partial charge in [0, 0.05) is 31.5 Å². The number of imidazole rings is 1. The van der Waals surface area contributed by atoms with E-state index < -0.39 is 10.0 Å². The lowest BCUT2D eigenvalue weighted by molar-refractivity contribution is 0.0591. The van der Waals surface area contributed by atoms with Crippen LogP contribution in [0.5, 0.6) is 5.75 Å². The molecule has 8 nitrogen and oxygen atoms in total. The third kappa shape index (κ3) is 4.36. The van der Waals surface area contributed by atoms with Crippen LogP contribution in [0.2, 0.25) is 0 Å². The number of aromatic nitrogens is 2. The molecule has 152 valence electrons. The number of carbonyl (C=O) groups is 1. The molecule has 0 spiro atoms. The van der Waals surface area contributed by atoms with E-state index in [2.05, 4.69) is 9.55 Å². The zero-order valence-electron chi connectivity index (χ0n) is 16.2. The molecule has 2 N–H and O–H groups in total. The number of nitrogens with zero attached hydrogens (tertiary/aromatic N) is 3. The number of benzene rings is 1. The molecule has 1 aromatic heterocycles. The second-order valence-corrected chi connectivity index (χ2v) is 8.57. The Hall–Kier alpha value is -2.39. The van der Waals surface area contributed by atoms with Crippen molar-refractivity contribution in [1.82, 2.24) is 14.5 Å². The molecule has 1 aliphatic heterocycles. The number of carbonyl (C=O) groups excluding carboxylic acids is 1. The van der Waals surface area contributed by atoms with Gasteiger partial charge < -0.3 is 14.2 Å². The Morgan fingerprint density at radius 2 is 2.14 bits per heavy atom.